The molecule has 1 saturated heterocycles. The van der Waals surface area contributed by atoms with E-state index >= 15 is 0 Å². The average molecular weight is 254 g/mol. The lowest BCUT2D eigenvalue weighted by Crippen LogP contribution is -2.40. The Bertz CT molecular complexity index is 348. The Hall–Kier alpha value is -0.380. The maximum atomic E-state index is 10.3. The van der Waals surface area contributed by atoms with Gasteiger partial charge in [0.15, 0.2) is 0 Å². The molecule has 104 valence electrons. The Morgan fingerprint density at radius 2 is 1.89 bits per heavy atom. The van der Waals surface area contributed by atoms with Gasteiger partial charge in [-0.1, -0.05) is 25.5 Å². The number of hydrogen-bond donors (Lipinski definition) is 2. The molecule has 0 aromatic rings. The third-order valence-corrected chi connectivity index (χ3v) is 4.81. The Kier molecular flexibility index (Phi) is 3.60. The number of aliphatic hydroxyl groups excluding tert-OH is 2. The number of ether oxygens (including phenoxy) is 1. The van der Waals surface area contributed by atoms with E-state index in [0.717, 1.165) is 19.3 Å². The lowest BCUT2D eigenvalue weighted by Gasteiger charge is -2.34. The Labute approximate surface area is 110 Å². The van der Waals surface area contributed by atoms with Gasteiger partial charge in [0.25, 0.3) is 0 Å². The van der Waals surface area contributed by atoms with E-state index in [4.69, 9.17) is 4.74 Å². The zero-order valence-corrected chi connectivity index (χ0v) is 11.9. The van der Waals surface area contributed by atoms with Crippen molar-refractivity contribution in [3.05, 3.63) is 11.6 Å². The van der Waals surface area contributed by atoms with Gasteiger partial charge >= 0.3 is 0 Å². The van der Waals surface area contributed by atoms with Gasteiger partial charge in [0.2, 0.25) is 0 Å². The first kappa shape index (κ1) is 14.0. The molecule has 1 fully saturated rings. The zero-order valence-electron chi connectivity index (χ0n) is 11.9. The van der Waals surface area contributed by atoms with Crippen molar-refractivity contribution in [2.24, 2.45) is 5.41 Å². The molecule has 2 aliphatic rings. The number of aliphatic hydroxyl groups is 2. The number of epoxide rings is 1. The molecule has 2 N–H and O–H groups in total. The molecule has 0 aromatic carbocycles. The second kappa shape index (κ2) is 4.62. The smallest absolute Gasteiger partial charge is 0.0921 e. The van der Waals surface area contributed by atoms with Gasteiger partial charge in [-0.05, 0) is 39.5 Å². The van der Waals surface area contributed by atoms with E-state index < -0.39 is 17.6 Å². The van der Waals surface area contributed by atoms with Crippen molar-refractivity contribution in [1.82, 2.24) is 0 Å². The highest BCUT2D eigenvalue weighted by Crippen LogP contribution is 2.45. The lowest BCUT2D eigenvalue weighted by molar-refractivity contribution is -0.0328. The first-order valence-electron chi connectivity index (χ1n) is 6.97. The van der Waals surface area contributed by atoms with E-state index in [1.165, 1.54) is 5.57 Å². The molecule has 1 heterocycles. The molecule has 18 heavy (non-hydrogen) atoms. The molecule has 2 rings (SSSR count). The minimum absolute atomic E-state index is 0.0490. The van der Waals surface area contributed by atoms with E-state index in [1.54, 1.807) is 0 Å². The van der Waals surface area contributed by atoms with Crippen molar-refractivity contribution in [3.63, 3.8) is 0 Å². The van der Waals surface area contributed by atoms with Crippen molar-refractivity contribution < 1.29 is 14.9 Å². The molecule has 0 bridgehead atoms. The van der Waals surface area contributed by atoms with Crippen LogP contribution in [0.2, 0.25) is 0 Å². The van der Waals surface area contributed by atoms with Crippen LogP contribution >= 0.6 is 0 Å². The summed E-state index contributed by atoms with van der Waals surface area (Å²) in [6.45, 7) is 8.03. The second-order valence-electron chi connectivity index (χ2n) is 6.79. The van der Waals surface area contributed by atoms with E-state index in [9.17, 15) is 10.2 Å². The van der Waals surface area contributed by atoms with Crippen LogP contribution < -0.4 is 0 Å². The minimum Gasteiger partial charge on any atom is -0.392 e. The third-order valence-electron chi connectivity index (χ3n) is 4.81. The van der Waals surface area contributed by atoms with Crippen LogP contribution in [0.3, 0.4) is 0 Å². The summed E-state index contributed by atoms with van der Waals surface area (Å²) in [5.41, 5.74) is 0.626. The largest absolute Gasteiger partial charge is 0.392 e. The Balaban J connectivity index is 2.17. The monoisotopic (exact) mass is 254 g/mol. The van der Waals surface area contributed by atoms with Gasteiger partial charge in [-0.15, -0.1) is 0 Å². The first-order valence-corrected chi connectivity index (χ1v) is 6.97. The predicted octanol–water partition coefficient (Wildman–Crippen LogP) is 2.41. The van der Waals surface area contributed by atoms with Crippen LogP contribution in [0.1, 0.15) is 53.4 Å². The molecule has 0 saturated carbocycles. The SMILES string of the molecule is C/C1=C/[C@H](O)C(C)(C)[C@@H](O)CC[C@@]2(C)O[C@@H]2CC1. The maximum Gasteiger partial charge on any atom is 0.0921 e. The van der Waals surface area contributed by atoms with Gasteiger partial charge in [-0.25, -0.2) is 0 Å². The Morgan fingerprint density at radius 1 is 1.22 bits per heavy atom. The summed E-state index contributed by atoms with van der Waals surface area (Å²) in [7, 11) is 0. The molecule has 1 aliphatic heterocycles. The molecule has 4 atom stereocenters. The van der Waals surface area contributed by atoms with E-state index in [2.05, 4.69) is 6.92 Å². The molecule has 3 heteroatoms. The number of allylic oxidation sites excluding steroid dienone is 1. The molecule has 3 nitrogen and oxygen atoms in total. The molecule has 1 aliphatic carbocycles. The summed E-state index contributed by atoms with van der Waals surface area (Å²) in [5, 5.41) is 20.6. The van der Waals surface area contributed by atoms with Crippen molar-refractivity contribution in [3.8, 4) is 0 Å². The minimum atomic E-state index is -0.587. The van der Waals surface area contributed by atoms with Gasteiger partial charge in [0.05, 0.1) is 23.9 Å². The van der Waals surface area contributed by atoms with Crippen molar-refractivity contribution in [2.75, 3.05) is 0 Å². The number of fused-ring (bicyclic) bond motifs is 1. The molecular weight excluding hydrogens is 228 g/mol. The fourth-order valence-electron chi connectivity index (χ4n) is 2.79. The summed E-state index contributed by atoms with van der Waals surface area (Å²) >= 11 is 0. The van der Waals surface area contributed by atoms with Gasteiger partial charge in [-0.2, -0.15) is 0 Å². The average Bonchev–Trinajstić information content (AvgIpc) is 2.94. The van der Waals surface area contributed by atoms with Crippen LogP contribution in [0.25, 0.3) is 0 Å². The first-order chi connectivity index (χ1) is 8.25. The van der Waals surface area contributed by atoms with Crippen LogP contribution in [0.15, 0.2) is 11.6 Å². The Morgan fingerprint density at radius 3 is 2.56 bits per heavy atom. The number of hydrogen-bond acceptors (Lipinski definition) is 3. The summed E-state index contributed by atoms with van der Waals surface area (Å²) in [6.07, 6.45) is 4.66. The van der Waals surface area contributed by atoms with Crippen LogP contribution in [0, 0.1) is 5.41 Å². The van der Waals surface area contributed by atoms with Gasteiger partial charge < -0.3 is 14.9 Å². The van der Waals surface area contributed by atoms with Crippen LogP contribution in [0.5, 0.6) is 0 Å². The van der Waals surface area contributed by atoms with Gasteiger partial charge in [0.1, 0.15) is 0 Å². The maximum absolute atomic E-state index is 10.3. The fourth-order valence-corrected chi connectivity index (χ4v) is 2.79. The summed E-state index contributed by atoms with van der Waals surface area (Å²) < 4.78 is 5.77. The summed E-state index contributed by atoms with van der Waals surface area (Å²) in [6, 6.07) is 0. The molecule has 0 spiro atoms. The fraction of sp³-hybridized carbons (Fsp3) is 0.867. The van der Waals surface area contributed by atoms with Gasteiger partial charge in [-0.3, -0.25) is 0 Å². The van der Waals surface area contributed by atoms with Crippen molar-refractivity contribution in [2.45, 2.75) is 77.3 Å². The van der Waals surface area contributed by atoms with Gasteiger partial charge in [0, 0.05) is 5.41 Å². The zero-order chi connectivity index (χ0) is 13.6. The van der Waals surface area contributed by atoms with Crippen molar-refractivity contribution in [1.29, 1.82) is 0 Å². The molecule has 0 radical (unpaired) electrons. The standard InChI is InChI=1S/C15H26O3/c1-10-5-6-13-15(4,18-13)8-7-11(16)14(2,3)12(17)9-10/h9,11-13,16-17H,5-8H2,1-4H3/b10-9-/t11-,12-,13+,15+/m0/s1. The molecular formula is C15H26O3. The third kappa shape index (κ3) is 2.63. The molecule has 0 amide bonds. The van der Waals surface area contributed by atoms with Crippen LogP contribution in [-0.2, 0) is 4.74 Å². The summed E-state index contributed by atoms with van der Waals surface area (Å²) in [4.78, 5) is 0. The highest BCUT2D eigenvalue weighted by Gasteiger charge is 2.52. The second-order valence-corrected chi connectivity index (χ2v) is 6.79. The quantitative estimate of drug-likeness (QED) is 0.515. The lowest BCUT2D eigenvalue weighted by atomic mass is 9.77. The van der Waals surface area contributed by atoms with Crippen LogP contribution in [0.4, 0.5) is 0 Å². The van der Waals surface area contributed by atoms with Crippen molar-refractivity contribution >= 4 is 0 Å². The van der Waals surface area contributed by atoms with Crippen LogP contribution in [-0.4, -0.2) is 34.1 Å². The van der Waals surface area contributed by atoms with E-state index in [0.29, 0.717) is 12.5 Å². The highest BCUT2D eigenvalue weighted by atomic mass is 16.6. The predicted molar refractivity (Wildman–Crippen MR) is 71.3 cm³/mol. The van der Waals surface area contributed by atoms with E-state index in [1.807, 2.05) is 26.8 Å². The summed E-state index contributed by atoms with van der Waals surface area (Å²) in [5.74, 6) is 0. The molecule has 0 aromatic heterocycles. The number of rotatable bonds is 0. The highest BCUT2D eigenvalue weighted by molar-refractivity contribution is 5.10. The topological polar surface area (TPSA) is 53.0 Å². The van der Waals surface area contributed by atoms with E-state index in [-0.39, 0.29) is 5.60 Å². The normalized spacial score (nSPS) is 47.4. The molecule has 0 unspecified atom stereocenters.